The number of pyridine rings is 1. The van der Waals surface area contributed by atoms with Crippen molar-refractivity contribution in [3.05, 3.63) is 23.9 Å². The molecule has 2 rings (SSSR count). The molecule has 0 aliphatic carbocycles. The number of morpholine rings is 1. The molecular formula is C17H25F3N4O3. The second-order valence-electron chi connectivity index (χ2n) is 6.86. The van der Waals surface area contributed by atoms with Gasteiger partial charge in [0.25, 0.3) is 0 Å². The van der Waals surface area contributed by atoms with Gasteiger partial charge in [0.2, 0.25) is 5.88 Å². The number of urea groups is 1. The third-order valence-corrected chi connectivity index (χ3v) is 4.18. The first-order valence-corrected chi connectivity index (χ1v) is 8.65. The Hall–Kier alpha value is -2.07. The van der Waals surface area contributed by atoms with E-state index in [1.807, 2.05) is 0 Å². The summed E-state index contributed by atoms with van der Waals surface area (Å²) in [4.78, 5) is 18.0. The average molecular weight is 390 g/mol. The quantitative estimate of drug-likeness (QED) is 0.744. The van der Waals surface area contributed by atoms with E-state index in [0.29, 0.717) is 25.3 Å². The minimum atomic E-state index is -4.41. The van der Waals surface area contributed by atoms with Gasteiger partial charge in [0.05, 0.1) is 13.2 Å². The largest absolute Gasteiger partial charge is 0.468 e. The maximum Gasteiger partial charge on any atom is 0.422 e. The fraction of sp³-hybridized carbons (Fsp3) is 0.647. The summed E-state index contributed by atoms with van der Waals surface area (Å²) >= 11 is 0. The zero-order valence-corrected chi connectivity index (χ0v) is 15.4. The zero-order valence-electron chi connectivity index (χ0n) is 15.4. The summed E-state index contributed by atoms with van der Waals surface area (Å²) in [5.74, 6) is -0.118. The highest BCUT2D eigenvalue weighted by atomic mass is 19.4. The van der Waals surface area contributed by atoms with Gasteiger partial charge in [-0.25, -0.2) is 9.78 Å². The highest BCUT2D eigenvalue weighted by Crippen LogP contribution is 2.17. The third kappa shape index (κ3) is 7.59. The highest BCUT2D eigenvalue weighted by Gasteiger charge is 2.29. The third-order valence-electron chi connectivity index (χ3n) is 4.18. The molecule has 0 bridgehead atoms. The topological polar surface area (TPSA) is 75.7 Å². The van der Waals surface area contributed by atoms with E-state index in [2.05, 4.69) is 39.1 Å². The molecular weight excluding hydrogens is 365 g/mol. The fourth-order valence-corrected chi connectivity index (χ4v) is 2.58. The van der Waals surface area contributed by atoms with E-state index in [9.17, 15) is 18.0 Å². The Morgan fingerprint density at radius 1 is 1.26 bits per heavy atom. The number of rotatable bonds is 7. The molecule has 1 fully saturated rings. The summed E-state index contributed by atoms with van der Waals surface area (Å²) in [6.07, 6.45) is -3.04. The van der Waals surface area contributed by atoms with Gasteiger partial charge in [-0.05, 0) is 19.4 Å². The Morgan fingerprint density at radius 2 is 1.96 bits per heavy atom. The first-order chi connectivity index (χ1) is 12.7. The molecule has 152 valence electrons. The van der Waals surface area contributed by atoms with E-state index in [4.69, 9.17) is 4.74 Å². The van der Waals surface area contributed by atoms with Crippen LogP contribution in [0.2, 0.25) is 0 Å². The molecule has 0 spiro atoms. The van der Waals surface area contributed by atoms with Crippen molar-refractivity contribution in [2.45, 2.75) is 32.1 Å². The van der Waals surface area contributed by atoms with E-state index in [1.165, 1.54) is 12.3 Å². The number of alkyl halides is 3. The van der Waals surface area contributed by atoms with Gasteiger partial charge in [-0.15, -0.1) is 0 Å². The lowest BCUT2D eigenvalue weighted by molar-refractivity contribution is -0.154. The number of ether oxygens (including phenoxy) is 2. The molecule has 1 aromatic rings. The van der Waals surface area contributed by atoms with Gasteiger partial charge >= 0.3 is 12.2 Å². The van der Waals surface area contributed by atoms with Crippen LogP contribution in [0.15, 0.2) is 18.3 Å². The molecule has 1 saturated heterocycles. The van der Waals surface area contributed by atoms with Crippen molar-refractivity contribution in [1.29, 1.82) is 0 Å². The summed E-state index contributed by atoms with van der Waals surface area (Å²) in [7, 11) is 0. The first kappa shape index (κ1) is 21.2. The number of halogens is 3. The van der Waals surface area contributed by atoms with Crippen molar-refractivity contribution in [2.24, 2.45) is 0 Å². The van der Waals surface area contributed by atoms with Crippen molar-refractivity contribution in [3.63, 3.8) is 0 Å². The lowest BCUT2D eigenvalue weighted by Crippen LogP contribution is -2.56. The lowest BCUT2D eigenvalue weighted by Gasteiger charge is -2.40. The standard InChI is InChI=1S/C17H25F3N4O3/c1-16(2,24-5-7-26-8-6-24)11-23-15(25)22-10-13-3-4-14(21-9-13)27-12-17(18,19)20/h3-4,9H,5-8,10-12H2,1-2H3,(H2,22,23,25). The predicted octanol–water partition coefficient (Wildman–Crippen LogP) is 1.93. The van der Waals surface area contributed by atoms with Crippen LogP contribution in [0.5, 0.6) is 5.88 Å². The maximum absolute atomic E-state index is 12.1. The SMILES string of the molecule is CC(C)(CNC(=O)NCc1ccc(OCC(F)(F)F)nc1)N1CCOCC1. The van der Waals surface area contributed by atoms with Crippen molar-refractivity contribution >= 4 is 6.03 Å². The molecule has 2 heterocycles. The second kappa shape index (κ2) is 9.23. The average Bonchev–Trinajstić information content (AvgIpc) is 2.64. The summed E-state index contributed by atoms with van der Waals surface area (Å²) in [5, 5.41) is 5.53. The van der Waals surface area contributed by atoms with E-state index in [0.717, 1.165) is 13.1 Å². The van der Waals surface area contributed by atoms with E-state index < -0.39 is 12.8 Å². The molecule has 0 atom stereocenters. The minimum Gasteiger partial charge on any atom is -0.468 e. The van der Waals surface area contributed by atoms with Gasteiger partial charge in [0.15, 0.2) is 6.61 Å². The van der Waals surface area contributed by atoms with Crippen molar-refractivity contribution in [3.8, 4) is 5.88 Å². The molecule has 10 heteroatoms. The number of hydrogen-bond acceptors (Lipinski definition) is 5. The van der Waals surface area contributed by atoms with Crippen molar-refractivity contribution in [1.82, 2.24) is 20.5 Å². The molecule has 1 aromatic heterocycles. The molecule has 7 nitrogen and oxygen atoms in total. The normalized spacial score (nSPS) is 16.0. The van der Waals surface area contributed by atoms with Gasteiger partial charge < -0.3 is 20.1 Å². The van der Waals surface area contributed by atoms with Crippen LogP contribution in [0, 0.1) is 0 Å². The van der Waals surface area contributed by atoms with E-state index in [-0.39, 0.29) is 24.0 Å². The Kier molecular flexibility index (Phi) is 7.25. The lowest BCUT2D eigenvalue weighted by atomic mass is 10.0. The van der Waals surface area contributed by atoms with E-state index >= 15 is 0 Å². The number of aromatic nitrogens is 1. The van der Waals surface area contributed by atoms with Crippen LogP contribution in [0.1, 0.15) is 19.4 Å². The van der Waals surface area contributed by atoms with E-state index in [1.54, 1.807) is 6.07 Å². The summed E-state index contributed by atoms with van der Waals surface area (Å²) in [6, 6.07) is 2.56. The van der Waals surface area contributed by atoms with Crippen LogP contribution in [0.3, 0.4) is 0 Å². The number of amides is 2. The molecule has 1 aliphatic rings. The molecule has 0 saturated carbocycles. The predicted molar refractivity (Wildman–Crippen MR) is 92.5 cm³/mol. The Morgan fingerprint density at radius 3 is 2.56 bits per heavy atom. The molecule has 1 aliphatic heterocycles. The van der Waals surface area contributed by atoms with Crippen LogP contribution in [-0.4, -0.2) is 67.1 Å². The zero-order chi connectivity index (χ0) is 19.9. The van der Waals surface area contributed by atoms with Gasteiger partial charge in [-0.2, -0.15) is 13.2 Å². The summed E-state index contributed by atoms with van der Waals surface area (Å²) < 4.78 is 46.1. The number of hydrogen-bond donors (Lipinski definition) is 2. The number of nitrogens with zero attached hydrogens (tertiary/aromatic N) is 2. The van der Waals surface area contributed by atoms with Gasteiger partial charge in [-0.3, -0.25) is 4.90 Å². The number of nitrogens with one attached hydrogen (secondary N) is 2. The maximum atomic E-state index is 12.1. The van der Waals surface area contributed by atoms with Crippen LogP contribution < -0.4 is 15.4 Å². The summed E-state index contributed by atoms with van der Waals surface area (Å²) in [5.41, 5.74) is 0.456. The minimum absolute atomic E-state index is 0.118. The monoisotopic (exact) mass is 390 g/mol. The number of carbonyl (C=O) groups excluding carboxylic acids is 1. The molecule has 2 amide bonds. The smallest absolute Gasteiger partial charge is 0.422 e. The second-order valence-corrected chi connectivity index (χ2v) is 6.86. The van der Waals surface area contributed by atoms with Crippen LogP contribution in [0.4, 0.5) is 18.0 Å². The van der Waals surface area contributed by atoms with Gasteiger partial charge in [0.1, 0.15) is 0 Å². The van der Waals surface area contributed by atoms with Gasteiger partial charge in [0, 0.05) is 44.0 Å². The molecule has 2 N–H and O–H groups in total. The van der Waals surface area contributed by atoms with Crippen LogP contribution in [0.25, 0.3) is 0 Å². The van der Waals surface area contributed by atoms with Crippen LogP contribution >= 0.6 is 0 Å². The van der Waals surface area contributed by atoms with Crippen molar-refractivity contribution in [2.75, 3.05) is 39.5 Å². The van der Waals surface area contributed by atoms with Crippen LogP contribution in [-0.2, 0) is 11.3 Å². The molecule has 27 heavy (non-hydrogen) atoms. The fourth-order valence-electron chi connectivity index (χ4n) is 2.58. The number of carbonyl (C=O) groups is 1. The summed E-state index contributed by atoms with van der Waals surface area (Å²) in [6.45, 7) is 6.42. The Balaban J connectivity index is 1.71. The first-order valence-electron chi connectivity index (χ1n) is 8.65. The Labute approximate surface area is 156 Å². The molecule has 0 unspecified atom stereocenters. The highest BCUT2D eigenvalue weighted by molar-refractivity contribution is 5.73. The van der Waals surface area contributed by atoms with Crippen molar-refractivity contribution < 1.29 is 27.4 Å². The molecule has 0 radical (unpaired) electrons. The molecule has 0 aromatic carbocycles. The Bertz CT molecular complexity index is 602. The van der Waals surface area contributed by atoms with Gasteiger partial charge in [-0.1, -0.05) is 6.07 Å².